The van der Waals surface area contributed by atoms with Crippen LogP contribution in [0.2, 0.25) is 0 Å². The summed E-state index contributed by atoms with van der Waals surface area (Å²) in [7, 11) is 0. The first-order chi connectivity index (χ1) is 12.5. The standard InChI is InChI=1S/C19H24N4O3/c1-14-4-9-22-13-15(20-16(22)12-14)17(25)23-8-3-6-19(23)5-2-7-21(10-11-24)18(19)26/h4,9,12-13,24H,2-3,5-8,10-11H2,1H3. The van der Waals surface area contributed by atoms with Crippen molar-refractivity contribution in [2.24, 2.45) is 0 Å². The number of imidazole rings is 1. The zero-order valence-corrected chi connectivity index (χ0v) is 15.0. The zero-order valence-electron chi connectivity index (χ0n) is 15.0. The smallest absolute Gasteiger partial charge is 0.274 e. The molecule has 2 aliphatic heterocycles. The number of aryl methyl sites for hydroxylation is 1. The molecule has 1 spiro atoms. The number of hydrogen-bond acceptors (Lipinski definition) is 4. The Bertz CT molecular complexity index is 860. The lowest BCUT2D eigenvalue weighted by Crippen LogP contribution is -2.61. The van der Waals surface area contributed by atoms with E-state index >= 15 is 0 Å². The van der Waals surface area contributed by atoms with Crippen LogP contribution in [0.5, 0.6) is 0 Å². The highest BCUT2D eigenvalue weighted by molar-refractivity contribution is 5.99. The van der Waals surface area contributed by atoms with Gasteiger partial charge in [0, 0.05) is 32.0 Å². The van der Waals surface area contributed by atoms with Crippen LogP contribution < -0.4 is 0 Å². The molecule has 2 fully saturated rings. The monoisotopic (exact) mass is 356 g/mol. The Hall–Kier alpha value is -2.41. The molecule has 0 saturated carbocycles. The van der Waals surface area contributed by atoms with E-state index in [9.17, 15) is 14.7 Å². The van der Waals surface area contributed by atoms with Gasteiger partial charge in [-0.25, -0.2) is 4.98 Å². The molecule has 1 unspecified atom stereocenters. The van der Waals surface area contributed by atoms with Crippen LogP contribution in [-0.4, -0.2) is 67.9 Å². The van der Waals surface area contributed by atoms with Crippen molar-refractivity contribution in [3.63, 3.8) is 0 Å². The van der Waals surface area contributed by atoms with Crippen LogP contribution in [-0.2, 0) is 4.79 Å². The normalized spacial score (nSPS) is 23.4. The minimum Gasteiger partial charge on any atom is -0.395 e. The molecule has 0 aromatic carbocycles. The van der Waals surface area contributed by atoms with Crippen molar-refractivity contribution in [3.8, 4) is 0 Å². The van der Waals surface area contributed by atoms with Gasteiger partial charge in [0.25, 0.3) is 5.91 Å². The fourth-order valence-corrected chi connectivity index (χ4v) is 4.38. The molecule has 1 atom stereocenters. The van der Waals surface area contributed by atoms with Crippen LogP contribution in [0.3, 0.4) is 0 Å². The topological polar surface area (TPSA) is 78.1 Å². The second kappa shape index (κ2) is 6.39. The minimum atomic E-state index is -0.768. The molecule has 7 nitrogen and oxygen atoms in total. The lowest BCUT2D eigenvalue weighted by molar-refractivity contribution is -0.146. The Morgan fingerprint density at radius 1 is 1.31 bits per heavy atom. The van der Waals surface area contributed by atoms with E-state index in [-0.39, 0.29) is 18.4 Å². The molecule has 2 amide bonds. The summed E-state index contributed by atoms with van der Waals surface area (Å²) in [4.78, 5) is 34.2. The van der Waals surface area contributed by atoms with Crippen molar-refractivity contribution in [2.75, 3.05) is 26.2 Å². The van der Waals surface area contributed by atoms with Gasteiger partial charge in [0.1, 0.15) is 16.9 Å². The fourth-order valence-electron chi connectivity index (χ4n) is 4.38. The van der Waals surface area contributed by atoms with Crippen LogP contribution in [0.25, 0.3) is 5.65 Å². The van der Waals surface area contributed by atoms with Gasteiger partial charge in [-0.2, -0.15) is 0 Å². The second-order valence-electron chi connectivity index (χ2n) is 7.31. The Labute approximate surface area is 152 Å². The number of aromatic nitrogens is 2. The van der Waals surface area contributed by atoms with Crippen LogP contribution in [0.4, 0.5) is 0 Å². The highest BCUT2D eigenvalue weighted by atomic mass is 16.3. The van der Waals surface area contributed by atoms with Gasteiger partial charge in [-0.3, -0.25) is 9.59 Å². The maximum absolute atomic E-state index is 13.2. The molecular formula is C19H24N4O3. The van der Waals surface area contributed by atoms with Gasteiger partial charge >= 0.3 is 0 Å². The van der Waals surface area contributed by atoms with E-state index in [4.69, 9.17) is 0 Å². The molecule has 138 valence electrons. The zero-order chi connectivity index (χ0) is 18.3. The van der Waals surface area contributed by atoms with E-state index in [1.807, 2.05) is 29.7 Å². The number of β-amino-alcohol motifs (C(OH)–C–C–N with tert-alkyl or cyclic N) is 1. The largest absolute Gasteiger partial charge is 0.395 e. The Balaban J connectivity index is 1.66. The maximum Gasteiger partial charge on any atom is 0.274 e. The summed E-state index contributed by atoms with van der Waals surface area (Å²) in [5.41, 5.74) is 1.43. The predicted octanol–water partition coefficient (Wildman–Crippen LogP) is 1.23. The number of rotatable bonds is 3. The molecule has 0 bridgehead atoms. The third-order valence-electron chi connectivity index (χ3n) is 5.64. The number of nitrogens with zero attached hydrogens (tertiary/aromatic N) is 4. The molecule has 1 N–H and O–H groups in total. The van der Waals surface area contributed by atoms with Crippen LogP contribution in [0, 0.1) is 6.92 Å². The number of pyridine rings is 1. The number of aliphatic hydroxyl groups excluding tert-OH is 1. The summed E-state index contributed by atoms with van der Waals surface area (Å²) in [6, 6.07) is 3.91. The highest BCUT2D eigenvalue weighted by Gasteiger charge is 2.52. The summed E-state index contributed by atoms with van der Waals surface area (Å²) < 4.78 is 1.84. The predicted molar refractivity (Wildman–Crippen MR) is 95.8 cm³/mol. The Morgan fingerprint density at radius 3 is 2.85 bits per heavy atom. The highest BCUT2D eigenvalue weighted by Crippen LogP contribution is 2.39. The minimum absolute atomic E-state index is 0.0248. The van der Waals surface area contributed by atoms with Crippen molar-refractivity contribution in [1.29, 1.82) is 0 Å². The van der Waals surface area contributed by atoms with Crippen molar-refractivity contribution in [3.05, 3.63) is 35.8 Å². The van der Waals surface area contributed by atoms with Gasteiger partial charge in [-0.15, -0.1) is 0 Å². The molecule has 4 heterocycles. The summed E-state index contributed by atoms with van der Waals surface area (Å²) in [5.74, 6) is -0.202. The number of aliphatic hydroxyl groups is 1. The molecule has 7 heteroatoms. The number of carbonyl (C=O) groups is 2. The van der Waals surface area contributed by atoms with E-state index < -0.39 is 5.54 Å². The lowest BCUT2D eigenvalue weighted by atomic mass is 9.85. The first-order valence-corrected chi connectivity index (χ1v) is 9.23. The average molecular weight is 356 g/mol. The number of fused-ring (bicyclic) bond motifs is 1. The van der Waals surface area contributed by atoms with E-state index in [0.717, 1.165) is 24.1 Å². The molecule has 0 radical (unpaired) electrons. The van der Waals surface area contributed by atoms with Gasteiger partial charge in [-0.1, -0.05) is 0 Å². The van der Waals surface area contributed by atoms with E-state index in [2.05, 4.69) is 4.98 Å². The molecule has 0 aliphatic carbocycles. The van der Waals surface area contributed by atoms with Crippen molar-refractivity contribution >= 4 is 17.5 Å². The van der Waals surface area contributed by atoms with Crippen LogP contribution in [0.15, 0.2) is 24.5 Å². The third kappa shape index (κ3) is 2.58. The SMILES string of the molecule is Cc1ccn2cc(C(=O)N3CCCC34CCCN(CCO)C4=O)nc2c1. The van der Waals surface area contributed by atoms with Gasteiger partial charge in [-0.05, 0) is 50.3 Å². The Kier molecular flexibility index (Phi) is 4.19. The Morgan fingerprint density at radius 2 is 2.08 bits per heavy atom. The van der Waals surface area contributed by atoms with Gasteiger partial charge in [0.2, 0.25) is 5.91 Å². The molecule has 2 aromatic heterocycles. The molecule has 2 aromatic rings. The number of hydrogen-bond donors (Lipinski definition) is 1. The number of piperidine rings is 1. The van der Waals surface area contributed by atoms with Crippen LogP contribution in [0.1, 0.15) is 41.7 Å². The molecular weight excluding hydrogens is 332 g/mol. The molecule has 26 heavy (non-hydrogen) atoms. The van der Waals surface area contributed by atoms with Crippen molar-refractivity contribution in [1.82, 2.24) is 19.2 Å². The second-order valence-corrected chi connectivity index (χ2v) is 7.31. The number of likely N-dealkylation sites (tertiary alicyclic amines) is 2. The van der Waals surface area contributed by atoms with E-state index in [1.54, 1.807) is 16.0 Å². The van der Waals surface area contributed by atoms with Gasteiger partial charge in [0.05, 0.1) is 6.61 Å². The summed E-state index contributed by atoms with van der Waals surface area (Å²) in [6.45, 7) is 3.49. The van der Waals surface area contributed by atoms with Crippen molar-refractivity contribution < 1.29 is 14.7 Å². The van der Waals surface area contributed by atoms with E-state index in [0.29, 0.717) is 38.2 Å². The summed E-state index contributed by atoms with van der Waals surface area (Å²) in [6.07, 6.45) is 6.67. The first-order valence-electron chi connectivity index (χ1n) is 9.23. The number of carbonyl (C=O) groups excluding carboxylic acids is 2. The van der Waals surface area contributed by atoms with E-state index in [1.165, 1.54) is 0 Å². The first kappa shape index (κ1) is 17.0. The van der Waals surface area contributed by atoms with Crippen molar-refractivity contribution in [2.45, 2.75) is 38.1 Å². The third-order valence-corrected chi connectivity index (χ3v) is 5.64. The molecule has 4 rings (SSSR count). The quantitative estimate of drug-likeness (QED) is 0.897. The van der Waals surface area contributed by atoms with Crippen LogP contribution >= 0.6 is 0 Å². The number of amides is 2. The van der Waals surface area contributed by atoms with Gasteiger partial charge in [0.15, 0.2) is 0 Å². The van der Waals surface area contributed by atoms with Gasteiger partial charge < -0.3 is 19.3 Å². The molecule has 2 aliphatic rings. The fraction of sp³-hybridized carbons (Fsp3) is 0.526. The molecule has 2 saturated heterocycles. The summed E-state index contributed by atoms with van der Waals surface area (Å²) in [5, 5.41) is 9.24. The maximum atomic E-state index is 13.2. The average Bonchev–Trinajstić information content (AvgIpc) is 3.23. The summed E-state index contributed by atoms with van der Waals surface area (Å²) >= 11 is 0. The lowest BCUT2D eigenvalue weighted by Gasteiger charge is -2.44.